The van der Waals surface area contributed by atoms with E-state index in [1.165, 1.54) is 25.7 Å². The van der Waals surface area contributed by atoms with E-state index < -0.39 is 0 Å². The zero-order valence-electron chi connectivity index (χ0n) is 16.4. The molecule has 2 aliphatic rings. The highest BCUT2D eigenvalue weighted by Gasteiger charge is 2.39. The average molecular weight is 362 g/mol. The lowest BCUT2D eigenvalue weighted by Crippen LogP contribution is -2.46. The first kappa shape index (κ1) is 19.3. The fourth-order valence-corrected chi connectivity index (χ4v) is 4.23. The molecule has 2 N–H and O–H groups in total. The van der Waals surface area contributed by atoms with Crippen molar-refractivity contribution in [2.45, 2.75) is 70.9 Å². The van der Waals surface area contributed by atoms with Gasteiger partial charge in [-0.1, -0.05) is 6.42 Å². The van der Waals surface area contributed by atoms with E-state index >= 15 is 0 Å². The van der Waals surface area contributed by atoms with Crippen molar-refractivity contribution in [3.8, 4) is 0 Å². The molecule has 26 heavy (non-hydrogen) atoms. The van der Waals surface area contributed by atoms with Gasteiger partial charge in [0, 0.05) is 32.2 Å². The van der Waals surface area contributed by atoms with Gasteiger partial charge in [-0.2, -0.15) is 0 Å². The number of guanidine groups is 1. The lowest BCUT2D eigenvalue weighted by atomic mass is 9.95. The quantitative estimate of drug-likeness (QED) is 0.378. The summed E-state index contributed by atoms with van der Waals surface area (Å²) in [5, 5.41) is 7.21. The van der Waals surface area contributed by atoms with Crippen molar-refractivity contribution in [1.29, 1.82) is 0 Å². The molecule has 0 saturated heterocycles. The summed E-state index contributed by atoms with van der Waals surface area (Å²) in [6.07, 6.45) is 10.6. The Kier molecular flexibility index (Phi) is 7.42. The highest BCUT2D eigenvalue weighted by molar-refractivity contribution is 5.80. The van der Waals surface area contributed by atoms with Crippen LogP contribution in [0, 0.1) is 11.8 Å². The summed E-state index contributed by atoms with van der Waals surface area (Å²) < 4.78 is 11.0. The van der Waals surface area contributed by atoms with Crippen molar-refractivity contribution in [2.24, 2.45) is 16.8 Å². The average Bonchev–Trinajstić information content (AvgIpc) is 3.35. The molecule has 3 atom stereocenters. The molecule has 3 unspecified atom stereocenters. The third-order valence-electron chi connectivity index (χ3n) is 5.58. The predicted molar refractivity (Wildman–Crippen MR) is 105 cm³/mol. The Labute approximate surface area is 158 Å². The smallest absolute Gasteiger partial charge is 0.191 e. The second kappa shape index (κ2) is 10.0. The molecule has 1 aromatic rings. The molecule has 0 amide bonds. The van der Waals surface area contributed by atoms with E-state index in [9.17, 15) is 0 Å². The van der Waals surface area contributed by atoms with Crippen LogP contribution in [0.3, 0.4) is 0 Å². The molecular formula is C21H35N3O2. The van der Waals surface area contributed by atoms with E-state index in [4.69, 9.17) is 14.1 Å². The molecule has 3 rings (SSSR count). The highest BCUT2D eigenvalue weighted by atomic mass is 16.5. The van der Waals surface area contributed by atoms with Gasteiger partial charge in [0.1, 0.15) is 5.76 Å². The molecule has 2 fully saturated rings. The van der Waals surface area contributed by atoms with E-state index in [2.05, 4.69) is 24.5 Å². The lowest BCUT2D eigenvalue weighted by Gasteiger charge is -2.25. The fraction of sp³-hybridized carbons (Fsp3) is 0.762. The van der Waals surface area contributed by atoms with Crippen LogP contribution in [0.15, 0.2) is 27.8 Å². The number of unbranched alkanes of at least 4 members (excludes halogenated alkanes) is 1. The second-order valence-electron chi connectivity index (χ2n) is 8.04. The number of hydrogen-bond donors (Lipinski definition) is 2. The number of hydrogen-bond acceptors (Lipinski definition) is 3. The van der Waals surface area contributed by atoms with E-state index in [1.54, 1.807) is 6.26 Å². The molecule has 1 aromatic heterocycles. The number of furan rings is 1. The molecule has 5 heteroatoms. The molecule has 0 aromatic carbocycles. The summed E-state index contributed by atoms with van der Waals surface area (Å²) in [6, 6.07) is 4.57. The van der Waals surface area contributed by atoms with E-state index in [0.29, 0.717) is 12.1 Å². The van der Waals surface area contributed by atoms with Crippen LogP contribution in [-0.2, 0) is 11.2 Å². The van der Waals surface area contributed by atoms with Gasteiger partial charge in [-0.25, -0.2) is 0 Å². The molecule has 2 bridgehead atoms. The summed E-state index contributed by atoms with van der Waals surface area (Å²) in [4.78, 5) is 4.81. The standard InChI is InChI=1S/C21H35N3O2/c1-16(2)25-12-4-3-10-22-21(23-11-9-19-6-5-13-26-19)24-20-15-17-7-8-18(20)14-17/h5-6,13,16-18,20H,3-4,7-12,14-15H2,1-2H3,(H2,22,23,24). The Morgan fingerprint density at radius 3 is 2.92 bits per heavy atom. The van der Waals surface area contributed by atoms with Gasteiger partial charge < -0.3 is 19.8 Å². The van der Waals surface area contributed by atoms with Gasteiger partial charge in [-0.05, 0) is 69.9 Å². The maximum Gasteiger partial charge on any atom is 0.191 e. The minimum absolute atomic E-state index is 0.316. The van der Waals surface area contributed by atoms with Crippen LogP contribution in [0.4, 0.5) is 0 Å². The number of nitrogens with zero attached hydrogens (tertiary/aromatic N) is 1. The first-order chi connectivity index (χ1) is 12.7. The summed E-state index contributed by atoms with van der Waals surface area (Å²) >= 11 is 0. The van der Waals surface area contributed by atoms with Gasteiger partial charge >= 0.3 is 0 Å². The topological polar surface area (TPSA) is 58.8 Å². The molecule has 5 nitrogen and oxygen atoms in total. The minimum Gasteiger partial charge on any atom is -0.469 e. The Morgan fingerprint density at radius 2 is 2.23 bits per heavy atom. The monoisotopic (exact) mass is 361 g/mol. The van der Waals surface area contributed by atoms with Crippen LogP contribution in [-0.4, -0.2) is 37.8 Å². The maximum atomic E-state index is 5.61. The van der Waals surface area contributed by atoms with Crippen molar-refractivity contribution in [3.05, 3.63) is 24.2 Å². The van der Waals surface area contributed by atoms with Crippen molar-refractivity contribution in [2.75, 3.05) is 19.7 Å². The van der Waals surface area contributed by atoms with Gasteiger partial charge in [-0.15, -0.1) is 0 Å². The minimum atomic E-state index is 0.316. The molecule has 0 radical (unpaired) electrons. The third-order valence-corrected chi connectivity index (χ3v) is 5.58. The summed E-state index contributed by atoms with van der Waals surface area (Å²) in [7, 11) is 0. The van der Waals surface area contributed by atoms with Gasteiger partial charge in [0.2, 0.25) is 0 Å². The van der Waals surface area contributed by atoms with E-state index in [0.717, 1.165) is 62.5 Å². The number of fused-ring (bicyclic) bond motifs is 2. The fourth-order valence-electron chi connectivity index (χ4n) is 4.23. The Bertz CT molecular complexity index is 541. The van der Waals surface area contributed by atoms with E-state index in [1.807, 2.05) is 12.1 Å². The molecule has 2 saturated carbocycles. The van der Waals surface area contributed by atoms with Gasteiger partial charge in [0.15, 0.2) is 5.96 Å². The zero-order chi connectivity index (χ0) is 18.2. The van der Waals surface area contributed by atoms with E-state index in [-0.39, 0.29) is 0 Å². The van der Waals surface area contributed by atoms with Crippen molar-refractivity contribution < 1.29 is 9.15 Å². The Morgan fingerprint density at radius 1 is 1.31 bits per heavy atom. The lowest BCUT2D eigenvalue weighted by molar-refractivity contribution is 0.0763. The maximum absolute atomic E-state index is 5.61. The number of ether oxygens (including phenoxy) is 1. The van der Waals surface area contributed by atoms with Crippen molar-refractivity contribution >= 4 is 5.96 Å². The highest BCUT2D eigenvalue weighted by Crippen LogP contribution is 2.44. The van der Waals surface area contributed by atoms with Crippen LogP contribution in [0.1, 0.15) is 58.1 Å². The number of aliphatic imine (C=N–C) groups is 1. The second-order valence-corrected chi connectivity index (χ2v) is 8.04. The molecule has 2 aliphatic carbocycles. The Hall–Kier alpha value is -1.49. The summed E-state index contributed by atoms with van der Waals surface area (Å²) in [5.41, 5.74) is 0. The van der Waals surface area contributed by atoms with Crippen LogP contribution in [0.2, 0.25) is 0 Å². The number of rotatable bonds is 10. The first-order valence-corrected chi connectivity index (χ1v) is 10.4. The molecule has 1 heterocycles. The van der Waals surface area contributed by atoms with Crippen molar-refractivity contribution in [3.63, 3.8) is 0 Å². The van der Waals surface area contributed by atoms with Crippen LogP contribution >= 0.6 is 0 Å². The van der Waals surface area contributed by atoms with Crippen LogP contribution < -0.4 is 10.6 Å². The van der Waals surface area contributed by atoms with Gasteiger partial charge in [0.05, 0.1) is 12.4 Å². The summed E-state index contributed by atoms with van der Waals surface area (Å²) in [5.74, 6) is 3.77. The largest absolute Gasteiger partial charge is 0.469 e. The number of nitrogens with one attached hydrogen (secondary N) is 2. The van der Waals surface area contributed by atoms with Crippen LogP contribution in [0.25, 0.3) is 0 Å². The van der Waals surface area contributed by atoms with Crippen molar-refractivity contribution in [1.82, 2.24) is 10.6 Å². The molecule has 0 aliphatic heterocycles. The molecule has 146 valence electrons. The SMILES string of the molecule is CC(C)OCCCCN=C(NCCc1ccco1)NC1CC2CCC1C2. The van der Waals surface area contributed by atoms with Gasteiger partial charge in [0.25, 0.3) is 0 Å². The first-order valence-electron chi connectivity index (χ1n) is 10.4. The zero-order valence-corrected chi connectivity index (χ0v) is 16.4. The molecular weight excluding hydrogens is 326 g/mol. The van der Waals surface area contributed by atoms with Crippen LogP contribution in [0.5, 0.6) is 0 Å². The third kappa shape index (κ3) is 6.04. The predicted octanol–water partition coefficient (Wildman–Crippen LogP) is 3.75. The normalized spacial score (nSPS) is 25.2. The van der Waals surface area contributed by atoms with Gasteiger partial charge in [-0.3, -0.25) is 4.99 Å². The molecule has 0 spiro atoms. The summed E-state index contributed by atoms with van der Waals surface area (Å²) in [6.45, 7) is 6.68. The Balaban J connectivity index is 1.43.